The Kier molecular flexibility index (Phi) is 6.46. The minimum absolute atomic E-state index is 0.174. The Bertz CT molecular complexity index is 1150. The molecule has 1 aromatic carbocycles. The van der Waals surface area contributed by atoms with Crippen molar-refractivity contribution in [2.24, 2.45) is 5.92 Å². The summed E-state index contributed by atoms with van der Waals surface area (Å²) in [5, 5.41) is 3.37. The van der Waals surface area contributed by atoms with Gasteiger partial charge in [-0.2, -0.15) is 13.2 Å². The van der Waals surface area contributed by atoms with Crippen LogP contribution in [-0.4, -0.2) is 39.8 Å². The summed E-state index contributed by atoms with van der Waals surface area (Å²) in [6.07, 6.45) is 0.177. The Hall–Kier alpha value is -3.27. The van der Waals surface area contributed by atoms with E-state index in [-0.39, 0.29) is 24.0 Å². The number of rotatable bonds is 4. The molecule has 0 saturated carbocycles. The largest absolute Gasteiger partial charge is 0.416 e. The maximum absolute atomic E-state index is 13.2. The lowest BCUT2D eigenvalue weighted by atomic mass is 9.96. The number of hydrogen-bond acceptors (Lipinski definition) is 5. The molecule has 1 aliphatic heterocycles. The van der Waals surface area contributed by atoms with Crippen molar-refractivity contribution < 1.29 is 22.8 Å². The van der Waals surface area contributed by atoms with E-state index in [1.54, 1.807) is 30.3 Å². The normalized spacial score (nSPS) is 16.5. The third-order valence-corrected chi connectivity index (χ3v) is 6.65. The maximum Gasteiger partial charge on any atom is 0.416 e. The summed E-state index contributed by atoms with van der Waals surface area (Å²) in [6, 6.07) is 8.00. The summed E-state index contributed by atoms with van der Waals surface area (Å²) in [7, 11) is 0. The molecule has 1 saturated heterocycles. The lowest BCUT2D eigenvalue weighted by Crippen LogP contribution is -2.43. The number of carbonyl (C=O) groups excluding carboxylic acids is 2. The van der Waals surface area contributed by atoms with Gasteiger partial charge in [0.1, 0.15) is 9.88 Å². The third kappa shape index (κ3) is 5.22. The van der Waals surface area contributed by atoms with Gasteiger partial charge in [0.05, 0.1) is 17.2 Å². The van der Waals surface area contributed by atoms with Crippen molar-refractivity contribution in [3.05, 3.63) is 64.9 Å². The zero-order chi connectivity index (χ0) is 23.6. The maximum atomic E-state index is 13.2. The summed E-state index contributed by atoms with van der Waals surface area (Å²) >= 11 is 1.30. The standard InChI is InChI=1S/C23H21F3N4O2S/c1-14-19(33-21(28-14)15-4-2-10-27-12-15)22(32)30-11-3-5-16(13-30)20(31)29-18-8-6-17(7-9-18)23(24,25)26/h2,4,6-10,12,16H,3,5,11,13H2,1H3,(H,29,31). The molecule has 4 rings (SSSR count). The molecule has 10 heteroatoms. The Morgan fingerprint density at radius 3 is 2.61 bits per heavy atom. The second-order valence-corrected chi connectivity index (χ2v) is 8.83. The third-order valence-electron chi connectivity index (χ3n) is 5.46. The van der Waals surface area contributed by atoms with Gasteiger partial charge in [0, 0.05) is 36.7 Å². The second kappa shape index (κ2) is 9.30. The monoisotopic (exact) mass is 474 g/mol. The van der Waals surface area contributed by atoms with Crippen LogP contribution in [0.5, 0.6) is 0 Å². The van der Waals surface area contributed by atoms with E-state index in [1.165, 1.54) is 23.5 Å². The molecular weight excluding hydrogens is 453 g/mol. The predicted molar refractivity (Wildman–Crippen MR) is 119 cm³/mol. The first kappa shape index (κ1) is 22.9. The highest BCUT2D eigenvalue weighted by Crippen LogP contribution is 2.31. The number of carbonyl (C=O) groups is 2. The van der Waals surface area contributed by atoms with E-state index >= 15 is 0 Å². The molecule has 1 unspecified atom stereocenters. The van der Waals surface area contributed by atoms with Crippen LogP contribution in [-0.2, 0) is 11.0 Å². The minimum atomic E-state index is -4.43. The summed E-state index contributed by atoms with van der Waals surface area (Å²) in [5.74, 6) is -0.937. The van der Waals surface area contributed by atoms with Gasteiger partial charge in [-0.25, -0.2) is 4.98 Å². The van der Waals surface area contributed by atoms with Crippen LogP contribution in [0.3, 0.4) is 0 Å². The number of nitrogens with one attached hydrogen (secondary N) is 1. The number of halogens is 3. The minimum Gasteiger partial charge on any atom is -0.337 e. The molecule has 172 valence electrons. The van der Waals surface area contributed by atoms with Crippen LogP contribution in [0.15, 0.2) is 48.8 Å². The van der Waals surface area contributed by atoms with Crippen LogP contribution < -0.4 is 5.32 Å². The first-order chi connectivity index (χ1) is 15.7. The average Bonchev–Trinajstić information content (AvgIpc) is 3.20. The van der Waals surface area contributed by atoms with E-state index < -0.39 is 17.7 Å². The Morgan fingerprint density at radius 2 is 1.94 bits per heavy atom. The predicted octanol–water partition coefficient (Wildman–Crippen LogP) is 5.02. The van der Waals surface area contributed by atoms with Crippen molar-refractivity contribution in [2.45, 2.75) is 25.9 Å². The van der Waals surface area contributed by atoms with Crippen molar-refractivity contribution in [2.75, 3.05) is 18.4 Å². The Labute approximate surface area is 192 Å². The highest BCUT2D eigenvalue weighted by molar-refractivity contribution is 7.17. The van der Waals surface area contributed by atoms with Gasteiger partial charge in [-0.05, 0) is 56.2 Å². The number of anilines is 1. The first-order valence-corrected chi connectivity index (χ1v) is 11.2. The highest BCUT2D eigenvalue weighted by Gasteiger charge is 2.32. The molecule has 2 amide bonds. The van der Waals surface area contributed by atoms with Gasteiger partial charge in [-0.3, -0.25) is 14.6 Å². The molecule has 0 radical (unpaired) electrons. The van der Waals surface area contributed by atoms with Crippen LogP contribution in [0, 0.1) is 12.8 Å². The van der Waals surface area contributed by atoms with Crippen LogP contribution in [0.25, 0.3) is 10.6 Å². The highest BCUT2D eigenvalue weighted by atomic mass is 32.1. The Morgan fingerprint density at radius 1 is 1.18 bits per heavy atom. The molecule has 3 heterocycles. The quantitative estimate of drug-likeness (QED) is 0.576. The topological polar surface area (TPSA) is 75.2 Å². The van der Waals surface area contributed by atoms with Gasteiger partial charge in [0.15, 0.2) is 0 Å². The van der Waals surface area contributed by atoms with E-state index in [0.29, 0.717) is 35.0 Å². The summed E-state index contributed by atoms with van der Waals surface area (Å²) in [5.41, 5.74) is 0.966. The number of alkyl halides is 3. The number of aromatic nitrogens is 2. The second-order valence-electron chi connectivity index (χ2n) is 7.83. The van der Waals surface area contributed by atoms with Gasteiger partial charge < -0.3 is 10.2 Å². The molecule has 0 bridgehead atoms. The molecule has 33 heavy (non-hydrogen) atoms. The smallest absolute Gasteiger partial charge is 0.337 e. The van der Waals surface area contributed by atoms with Gasteiger partial charge in [-0.1, -0.05) is 0 Å². The average molecular weight is 475 g/mol. The SMILES string of the molecule is Cc1nc(-c2cccnc2)sc1C(=O)N1CCCC(C(=O)Nc2ccc(C(F)(F)F)cc2)C1. The van der Waals surface area contributed by atoms with Crippen LogP contribution in [0.2, 0.25) is 0 Å². The van der Waals surface area contributed by atoms with Crippen LogP contribution >= 0.6 is 11.3 Å². The summed E-state index contributed by atoms with van der Waals surface area (Å²) < 4.78 is 38.2. The van der Waals surface area contributed by atoms with E-state index in [2.05, 4.69) is 15.3 Å². The van der Waals surface area contributed by atoms with Crippen LogP contribution in [0.1, 0.15) is 33.8 Å². The molecular formula is C23H21F3N4O2S. The number of nitrogens with zero attached hydrogens (tertiary/aromatic N) is 3. The Balaban J connectivity index is 1.42. The summed E-state index contributed by atoms with van der Waals surface area (Å²) in [4.78, 5) is 36.6. The number of aryl methyl sites for hydroxylation is 1. The molecule has 1 atom stereocenters. The van der Waals surface area contributed by atoms with Gasteiger partial charge >= 0.3 is 6.18 Å². The van der Waals surface area contributed by atoms with Crippen molar-refractivity contribution in [3.8, 4) is 10.6 Å². The number of hydrogen-bond donors (Lipinski definition) is 1. The van der Waals surface area contributed by atoms with Crippen molar-refractivity contribution >= 4 is 28.8 Å². The number of thiazole rings is 1. The number of piperidine rings is 1. The fraction of sp³-hybridized carbons (Fsp3) is 0.304. The van der Waals surface area contributed by atoms with Gasteiger partial charge in [0.25, 0.3) is 5.91 Å². The zero-order valence-corrected chi connectivity index (χ0v) is 18.5. The molecule has 3 aromatic rings. The number of pyridine rings is 1. The van der Waals surface area contributed by atoms with Crippen LogP contribution in [0.4, 0.5) is 18.9 Å². The fourth-order valence-corrected chi connectivity index (χ4v) is 4.74. The lowest BCUT2D eigenvalue weighted by molar-refractivity contribution is -0.137. The van der Waals surface area contributed by atoms with Crippen molar-refractivity contribution in [3.63, 3.8) is 0 Å². The number of likely N-dealkylation sites (tertiary alicyclic amines) is 1. The molecule has 1 aliphatic rings. The van der Waals surface area contributed by atoms with Gasteiger partial charge in [-0.15, -0.1) is 11.3 Å². The molecule has 0 aliphatic carbocycles. The van der Waals surface area contributed by atoms with E-state index in [9.17, 15) is 22.8 Å². The first-order valence-electron chi connectivity index (χ1n) is 10.4. The molecule has 1 N–H and O–H groups in total. The van der Waals surface area contributed by atoms with E-state index in [4.69, 9.17) is 0 Å². The van der Waals surface area contributed by atoms with Crippen molar-refractivity contribution in [1.82, 2.24) is 14.9 Å². The van der Waals surface area contributed by atoms with E-state index in [1.807, 2.05) is 6.07 Å². The number of benzene rings is 1. The number of amides is 2. The molecule has 2 aromatic heterocycles. The zero-order valence-electron chi connectivity index (χ0n) is 17.7. The van der Waals surface area contributed by atoms with E-state index in [0.717, 1.165) is 17.7 Å². The molecule has 0 spiro atoms. The lowest BCUT2D eigenvalue weighted by Gasteiger charge is -2.31. The van der Waals surface area contributed by atoms with Gasteiger partial charge in [0.2, 0.25) is 5.91 Å². The molecule has 1 fully saturated rings. The fourth-order valence-electron chi connectivity index (χ4n) is 3.71. The summed E-state index contributed by atoms with van der Waals surface area (Å²) in [6.45, 7) is 2.55. The van der Waals surface area contributed by atoms with Crippen molar-refractivity contribution in [1.29, 1.82) is 0 Å². The molecule has 6 nitrogen and oxygen atoms in total.